The third-order valence-electron chi connectivity index (χ3n) is 3.41. The fourth-order valence-electron chi connectivity index (χ4n) is 2.39. The number of fused-ring (bicyclic) bond motifs is 1. The third kappa shape index (κ3) is 1.94. The number of ether oxygens (including phenoxy) is 3. The number of aliphatic hydroxyl groups excluding tert-OH is 2. The number of aliphatic hydroxyl groups is 2. The molecule has 6 atom stereocenters. The maximum atomic E-state index is 9.99. The van der Waals surface area contributed by atoms with E-state index in [0.717, 1.165) is 5.56 Å². The molecular weight excluding hydrogens is 236 g/mol. The Hall–Kier alpha value is -0.980. The van der Waals surface area contributed by atoms with Crippen molar-refractivity contribution in [1.29, 1.82) is 0 Å². The van der Waals surface area contributed by atoms with Crippen molar-refractivity contribution in [2.24, 2.45) is 0 Å². The Kier molecular flexibility index (Phi) is 3.09. The monoisotopic (exact) mass is 252 g/mol. The van der Waals surface area contributed by atoms with Gasteiger partial charge in [0.1, 0.15) is 18.3 Å². The van der Waals surface area contributed by atoms with Crippen LogP contribution in [0, 0.1) is 0 Å². The molecule has 1 unspecified atom stereocenters. The molecule has 0 bridgehead atoms. The highest BCUT2D eigenvalue weighted by Crippen LogP contribution is 2.38. The summed E-state index contributed by atoms with van der Waals surface area (Å²) in [4.78, 5) is 0. The summed E-state index contributed by atoms with van der Waals surface area (Å²) in [6, 6.07) is 9.43. The largest absolute Gasteiger partial charge is 0.388 e. The van der Waals surface area contributed by atoms with Gasteiger partial charge in [0.25, 0.3) is 0 Å². The lowest BCUT2D eigenvalue weighted by molar-refractivity contribution is -0.251. The number of hydrogen-bond acceptors (Lipinski definition) is 5. The van der Waals surface area contributed by atoms with Gasteiger partial charge in [-0.1, -0.05) is 30.3 Å². The summed E-state index contributed by atoms with van der Waals surface area (Å²) < 4.78 is 16.5. The van der Waals surface area contributed by atoms with Gasteiger partial charge in [0.2, 0.25) is 0 Å². The van der Waals surface area contributed by atoms with Crippen molar-refractivity contribution in [2.75, 3.05) is 0 Å². The summed E-state index contributed by atoms with van der Waals surface area (Å²) in [5.74, 6) is 0. The van der Waals surface area contributed by atoms with Crippen molar-refractivity contribution < 1.29 is 24.4 Å². The standard InChI is InChI=1S/C13H16O5/c1-7-9(14)10-11(12(15)16-7)18-13(17-10)8-5-3-2-4-6-8/h2-7,9-15H,1H3/t7-,9-,10+,11+,12+,13?/m0/s1. The molecule has 2 heterocycles. The van der Waals surface area contributed by atoms with Crippen LogP contribution >= 0.6 is 0 Å². The Labute approximate surface area is 105 Å². The van der Waals surface area contributed by atoms with Gasteiger partial charge in [-0.2, -0.15) is 0 Å². The molecule has 1 aromatic rings. The molecule has 2 saturated heterocycles. The molecule has 0 radical (unpaired) electrons. The van der Waals surface area contributed by atoms with Crippen LogP contribution in [0.1, 0.15) is 18.8 Å². The molecule has 5 nitrogen and oxygen atoms in total. The van der Waals surface area contributed by atoms with Gasteiger partial charge in [-0.15, -0.1) is 0 Å². The summed E-state index contributed by atoms with van der Waals surface area (Å²) in [6.45, 7) is 1.70. The lowest BCUT2D eigenvalue weighted by Crippen LogP contribution is -2.55. The van der Waals surface area contributed by atoms with Crippen molar-refractivity contribution in [3.05, 3.63) is 35.9 Å². The average molecular weight is 252 g/mol. The molecule has 2 aliphatic heterocycles. The molecule has 2 N–H and O–H groups in total. The van der Waals surface area contributed by atoms with E-state index in [2.05, 4.69) is 0 Å². The molecule has 3 rings (SSSR count). The van der Waals surface area contributed by atoms with E-state index in [9.17, 15) is 10.2 Å². The van der Waals surface area contributed by atoms with E-state index in [4.69, 9.17) is 14.2 Å². The molecule has 0 saturated carbocycles. The lowest BCUT2D eigenvalue weighted by Gasteiger charge is -2.36. The van der Waals surface area contributed by atoms with E-state index in [1.165, 1.54) is 0 Å². The molecule has 18 heavy (non-hydrogen) atoms. The van der Waals surface area contributed by atoms with Gasteiger partial charge < -0.3 is 24.4 Å². The molecule has 98 valence electrons. The predicted octanol–water partition coefficient (Wildman–Crippen LogP) is 0.567. The molecule has 0 amide bonds. The SMILES string of the molecule is C[C@@H]1O[C@@H](O)[C@@H]2OC(c3ccccc3)O[C@@H]2[C@H]1O. The van der Waals surface area contributed by atoms with Gasteiger partial charge >= 0.3 is 0 Å². The van der Waals surface area contributed by atoms with Crippen molar-refractivity contribution in [3.63, 3.8) is 0 Å². The zero-order chi connectivity index (χ0) is 12.7. The van der Waals surface area contributed by atoms with E-state index in [1.54, 1.807) is 6.92 Å². The number of rotatable bonds is 1. The summed E-state index contributed by atoms with van der Waals surface area (Å²) in [7, 11) is 0. The van der Waals surface area contributed by atoms with Gasteiger partial charge in [0.05, 0.1) is 6.10 Å². The van der Waals surface area contributed by atoms with Crippen molar-refractivity contribution in [1.82, 2.24) is 0 Å². The molecular formula is C13H16O5. The average Bonchev–Trinajstić information content (AvgIpc) is 2.83. The second-order valence-corrected chi connectivity index (χ2v) is 4.67. The Balaban J connectivity index is 1.81. The highest BCUT2D eigenvalue weighted by atomic mass is 16.8. The zero-order valence-electron chi connectivity index (χ0n) is 9.97. The molecule has 0 aromatic heterocycles. The molecule has 0 aliphatic carbocycles. The number of benzene rings is 1. The number of hydrogen-bond donors (Lipinski definition) is 2. The van der Waals surface area contributed by atoms with Crippen LogP contribution in [-0.4, -0.2) is 40.9 Å². The van der Waals surface area contributed by atoms with Crippen LogP contribution in [0.5, 0.6) is 0 Å². The normalized spacial score (nSPS) is 43.7. The molecule has 2 fully saturated rings. The quantitative estimate of drug-likeness (QED) is 0.764. The molecule has 2 aliphatic rings. The van der Waals surface area contributed by atoms with Gasteiger partial charge in [0, 0.05) is 5.56 Å². The predicted molar refractivity (Wildman–Crippen MR) is 61.5 cm³/mol. The van der Waals surface area contributed by atoms with E-state index in [-0.39, 0.29) is 0 Å². The first-order valence-electron chi connectivity index (χ1n) is 6.04. The van der Waals surface area contributed by atoms with E-state index < -0.39 is 37.0 Å². The second-order valence-electron chi connectivity index (χ2n) is 4.67. The van der Waals surface area contributed by atoms with Crippen LogP contribution < -0.4 is 0 Å². The summed E-state index contributed by atoms with van der Waals surface area (Å²) in [6.07, 6.45) is -4.12. The highest BCUT2D eigenvalue weighted by Gasteiger charge is 2.51. The maximum absolute atomic E-state index is 9.99. The van der Waals surface area contributed by atoms with E-state index in [0.29, 0.717) is 0 Å². The lowest BCUT2D eigenvalue weighted by atomic mass is 10.0. The molecule has 1 aromatic carbocycles. The highest BCUT2D eigenvalue weighted by molar-refractivity contribution is 5.17. The Bertz CT molecular complexity index is 409. The Morgan fingerprint density at radius 1 is 0.944 bits per heavy atom. The maximum Gasteiger partial charge on any atom is 0.185 e. The first-order chi connectivity index (χ1) is 8.66. The van der Waals surface area contributed by atoms with Crippen LogP contribution in [0.25, 0.3) is 0 Å². The fourth-order valence-corrected chi connectivity index (χ4v) is 2.39. The van der Waals surface area contributed by atoms with Gasteiger partial charge in [-0.05, 0) is 6.92 Å². The molecule has 0 spiro atoms. The minimum absolute atomic E-state index is 0.473. The first kappa shape index (κ1) is 12.1. The van der Waals surface area contributed by atoms with E-state index in [1.807, 2.05) is 30.3 Å². The van der Waals surface area contributed by atoms with Gasteiger partial charge in [0.15, 0.2) is 12.6 Å². The summed E-state index contributed by atoms with van der Waals surface area (Å²) in [5.41, 5.74) is 0.860. The van der Waals surface area contributed by atoms with Crippen LogP contribution in [-0.2, 0) is 14.2 Å². The smallest absolute Gasteiger partial charge is 0.185 e. The van der Waals surface area contributed by atoms with Gasteiger partial charge in [-0.3, -0.25) is 0 Å². The van der Waals surface area contributed by atoms with Crippen molar-refractivity contribution in [2.45, 2.75) is 43.9 Å². The van der Waals surface area contributed by atoms with Gasteiger partial charge in [-0.25, -0.2) is 0 Å². The summed E-state index contributed by atoms with van der Waals surface area (Å²) in [5, 5.41) is 19.8. The van der Waals surface area contributed by atoms with Crippen LogP contribution in [0.3, 0.4) is 0 Å². The third-order valence-corrected chi connectivity index (χ3v) is 3.41. The summed E-state index contributed by atoms with van der Waals surface area (Å²) >= 11 is 0. The first-order valence-corrected chi connectivity index (χ1v) is 6.04. The van der Waals surface area contributed by atoms with E-state index >= 15 is 0 Å². The fraction of sp³-hybridized carbons (Fsp3) is 0.538. The van der Waals surface area contributed by atoms with Crippen LogP contribution in [0.2, 0.25) is 0 Å². The topological polar surface area (TPSA) is 68.2 Å². The molecule has 5 heteroatoms. The minimum atomic E-state index is -1.07. The second kappa shape index (κ2) is 4.60. The minimum Gasteiger partial charge on any atom is -0.388 e. The van der Waals surface area contributed by atoms with Crippen LogP contribution in [0.15, 0.2) is 30.3 Å². The van der Waals surface area contributed by atoms with Crippen LogP contribution in [0.4, 0.5) is 0 Å². The van der Waals surface area contributed by atoms with Crippen molar-refractivity contribution >= 4 is 0 Å². The Morgan fingerprint density at radius 3 is 2.33 bits per heavy atom. The zero-order valence-corrected chi connectivity index (χ0v) is 9.97. The van der Waals surface area contributed by atoms with Crippen molar-refractivity contribution in [3.8, 4) is 0 Å². The Morgan fingerprint density at radius 2 is 1.61 bits per heavy atom.